The molecule has 0 radical (unpaired) electrons. The molecule has 0 aromatic heterocycles. The Morgan fingerprint density at radius 1 is 1.42 bits per heavy atom. The molecular weight excluding hydrogens is 148 g/mol. The Morgan fingerprint density at radius 2 is 2.17 bits per heavy atom. The summed E-state index contributed by atoms with van der Waals surface area (Å²) in [4.78, 5) is 0. The first-order valence-electron chi connectivity index (χ1n) is 5.26. The zero-order valence-electron chi connectivity index (χ0n) is 8.18. The van der Waals surface area contributed by atoms with Gasteiger partial charge < -0.3 is 11.1 Å². The van der Waals surface area contributed by atoms with Gasteiger partial charge in [0.1, 0.15) is 0 Å². The summed E-state index contributed by atoms with van der Waals surface area (Å²) in [6.07, 6.45) is 6.75. The van der Waals surface area contributed by atoms with E-state index in [1.54, 1.807) is 0 Å². The molecule has 12 heavy (non-hydrogen) atoms. The summed E-state index contributed by atoms with van der Waals surface area (Å²) in [6, 6.07) is 0.872. The van der Waals surface area contributed by atoms with Gasteiger partial charge in [0.2, 0.25) is 0 Å². The highest BCUT2D eigenvalue weighted by Crippen LogP contribution is 2.18. The topological polar surface area (TPSA) is 38.0 Å². The van der Waals surface area contributed by atoms with E-state index in [1.807, 2.05) is 0 Å². The highest BCUT2D eigenvalue weighted by molar-refractivity contribution is 4.80. The second-order valence-electron chi connectivity index (χ2n) is 4.07. The van der Waals surface area contributed by atoms with E-state index < -0.39 is 0 Å². The number of nitrogens with two attached hydrogens (primary N) is 1. The van der Waals surface area contributed by atoms with Gasteiger partial charge in [0.05, 0.1) is 0 Å². The predicted octanol–water partition coefficient (Wildman–Crippen LogP) is 1.50. The average molecular weight is 170 g/mol. The fraction of sp³-hybridized carbons (Fsp3) is 1.00. The average Bonchev–Trinajstić information content (AvgIpc) is 2.87. The minimum Gasteiger partial charge on any atom is -0.330 e. The molecule has 1 atom stereocenters. The first-order chi connectivity index (χ1) is 5.83. The quantitative estimate of drug-likeness (QED) is 0.568. The molecule has 0 bridgehead atoms. The molecule has 0 aliphatic heterocycles. The van der Waals surface area contributed by atoms with Crippen molar-refractivity contribution in [2.24, 2.45) is 11.7 Å². The van der Waals surface area contributed by atoms with Crippen LogP contribution in [0.2, 0.25) is 0 Å². The van der Waals surface area contributed by atoms with Crippen molar-refractivity contribution in [3.63, 3.8) is 0 Å². The van der Waals surface area contributed by atoms with Crippen LogP contribution in [0.15, 0.2) is 0 Å². The van der Waals surface area contributed by atoms with E-state index >= 15 is 0 Å². The lowest BCUT2D eigenvalue weighted by molar-refractivity contribution is 0.495. The minimum absolute atomic E-state index is 0.714. The summed E-state index contributed by atoms with van der Waals surface area (Å²) < 4.78 is 0. The Balaban J connectivity index is 1.75. The van der Waals surface area contributed by atoms with E-state index in [9.17, 15) is 0 Å². The first kappa shape index (κ1) is 10.0. The molecule has 1 unspecified atom stereocenters. The van der Waals surface area contributed by atoms with Crippen LogP contribution in [-0.2, 0) is 0 Å². The smallest absolute Gasteiger partial charge is 0.00682 e. The van der Waals surface area contributed by atoms with E-state index in [4.69, 9.17) is 5.73 Å². The van der Waals surface area contributed by atoms with Gasteiger partial charge in [0.25, 0.3) is 0 Å². The summed E-state index contributed by atoms with van der Waals surface area (Å²) in [5, 5.41) is 3.52. The van der Waals surface area contributed by atoms with Crippen LogP contribution in [0.1, 0.15) is 39.0 Å². The molecule has 72 valence electrons. The molecule has 2 nitrogen and oxygen atoms in total. The van der Waals surface area contributed by atoms with Gasteiger partial charge in [-0.25, -0.2) is 0 Å². The van der Waals surface area contributed by atoms with Crippen LogP contribution < -0.4 is 11.1 Å². The first-order valence-corrected chi connectivity index (χ1v) is 5.26. The van der Waals surface area contributed by atoms with Crippen molar-refractivity contribution < 1.29 is 0 Å². The number of unbranched alkanes of at least 4 members (excludes halogenated alkanes) is 1. The highest BCUT2D eigenvalue weighted by Gasteiger charge is 2.19. The number of hydrogen-bond donors (Lipinski definition) is 2. The van der Waals surface area contributed by atoms with Gasteiger partial charge in [0, 0.05) is 6.04 Å². The molecule has 0 aromatic rings. The van der Waals surface area contributed by atoms with Crippen LogP contribution in [0.25, 0.3) is 0 Å². The molecule has 1 saturated carbocycles. The van der Waals surface area contributed by atoms with E-state index in [1.165, 1.54) is 38.6 Å². The standard InChI is InChI=1S/C10H22N2/c1-9(8-11)4-2-3-7-12-10-5-6-10/h9-10,12H,2-8,11H2,1H3. The zero-order chi connectivity index (χ0) is 8.81. The fourth-order valence-corrected chi connectivity index (χ4v) is 1.33. The van der Waals surface area contributed by atoms with Crippen molar-refractivity contribution in [3.8, 4) is 0 Å². The van der Waals surface area contributed by atoms with Gasteiger partial charge in [-0.2, -0.15) is 0 Å². The van der Waals surface area contributed by atoms with Crippen molar-refractivity contribution in [1.82, 2.24) is 5.32 Å². The van der Waals surface area contributed by atoms with Crippen LogP contribution >= 0.6 is 0 Å². The molecule has 3 N–H and O–H groups in total. The van der Waals surface area contributed by atoms with Crippen molar-refractivity contribution in [2.75, 3.05) is 13.1 Å². The molecule has 0 heterocycles. The van der Waals surface area contributed by atoms with Gasteiger partial charge in [-0.05, 0) is 44.7 Å². The molecule has 1 aliphatic rings. The summed E-state index contributed by atoms with van der Waals surface area (Å²) in [7, 11) is 0. The van der Waals surface area contributed by atoms with Gasteiger partial charge in [-0.3, -0.25) is 0 Å². The van der Waals surface area contributed by atoms with E-state index in [2.05, 4.69) is 12.2 Å². The third-order valence-electron chi connectivity index (χ3n) is 2.54. The third kappa shape index (κ3) is 4.73. The minimum atomic E-state index is 0.714. The van der Waals surface area contributed by atoms with E-state index in [0.717, 1.165) is 12.6 Å². The van der Waals surface area contributed by atoms with Crippen LogP contribution in [0.5, 0.6) is 0 Å². The maximum atomic E-state index is 5.53. The van der Waals surface area contributed by atoms with Crippen molar-refractivity contribution >= 4 is 0 Å². The van der Waals surface area contributed by atoms with Crippen LogP contribution in [0.3, 0.4) is 0 Å². The van der Waals surface area contributed by atoms with Crippen molar-refractivity contribution in [3.05, 3.63) is 0 Å². The third-order valence-corrected chi connectivity index (χ3v) is 2.54. The fourth-order valence-electron chi connectivity index (χ4n) is 1.33. The van der Waals surface area contributed by atoms with Crippen LogP contribution in [0.4, 0.5) is 0 Å². The maximum absolute atomic E-state index is 5.53. The summed E-state index contributed by atoms with van der Waals surface area (Å²) >= 11 is 0. The van der Waals surface area contributed by atoms with Gasteiger partial charge >= 0.3 is 0 Å². The maximum Gasteiger partial charge on any atom is 0.00682 e. The van der Waals surface area contributed by atoms with Gasteiger partial charge in [0.15, 0.2) is 0 Å². The molecule has 0 spiro atoms. The zero-order valence-corrected chi connectivity index (χ0v) is 8.18. The highest BCUT2D eigenvalue weighted by atomic mass is 14.9. The Labute approximate surface area is 75.9 Å². The monoisotopic (exact) mass is 170 g/mol. The molecule has 0 aromatic carbocycles. The Morgan fingerprint density at radius 3 is 2.75 bits per heavy atom. The lowest BCUT2D eigenvalue weighted by Gasteiger charge is -2.07. The molecule has 1 aliphatic carbocycles. The summed E-state index contributed by atoms with van der Waals surface area (Å²) in [6.45, 7) is 4.28. The van der Waals surface area contributed by atoms with Gasteiger partial charge in [-0.15, -0.1) is 0 Å². The molecule has 1 rings (SSSR count). The molecule has 0 saturated heterocycles. The summed E-state index contributed by atoms with van der Waals surface area (Å²) in [5.74, 6) is 0.714. The molecule has 2 heteroatoms. The molecular formula is C10H22N2. The lowest BCUT2D eigenvalue weighted by atomic mass is 10.0. The van der Waals surface area contributed by atoms with E-state index in [0.29, 0.717) is 5.92 Å². The van der Waals surface area contributed by atoms with E-state index in [-0.39, 0.29) is 0 Å². The van der Waals surface area contributed by atoms with Crippen molar-refractivity contribution in [2.45, 2.75) is 45.1 Å². The molecule has 0 amide bonds. The second kappa shape index (κ2) is 5.55. The van der Waals surface area contributed by atoms with Crippen molar-refractivity contribution in [1.29, 1.82) is 0 Å². The SMILES string of the molecule is CC(CN)CCCCNC1CC1. The number of nitrogens with one attached hydrogen (secondary N) is 1. The van der Waals surface area contributed by atoms with Crippen LogP contribution in [0, 0.1) is 5.92 Å². The Bertz CT molecular complexity index is 110. The Kier molecular flexibility index (Phi) is 4.62. The van der Waals surface area contributed by atoms with Crippen LogP contribution in [-0.4, -0.2) is 19.1 Å². The Hall–Kier alpha value is -0.0800. The number of rotatable bonds is 7. The normalized spacial score (nSPS) is 19.5. The summed E-state index contributed by atoms with van der Waals surface area (Å²) in [5.41, 5.74) is 5.53. The largest absolute Gasteiger partial charge is 0.330 e. The lowest BCUT2D eigenvalue weighted by Crippen LogP contribution is -2.18. The second-order valence-corrected chi connectivity index (χ2v) is 4.07. The predicted molar refractivity (Wildman–Crippen MR) is 53.1 cm³/mol. The number of hydrogen-bond acceptors (Lipinski definition) is 2. The van der Waals surface area contributed by atoms with Gasteiger partial charge in [-0.1, -0.05) is 13.3 Å². The molecule has 1 fully saturated rings.